The van der Waals surface area contributed by atoms with Crippen molar-refractivity contribution in [1.29, 1.82) is 0 Å². The molecule has 1 amide bonds. The molecule has 0 bridgehead atoms. The van der Waals surface area contributed by atoms with E-state index in [9.17, 15) is 9.18 Å². The zero-order valence-corrected chi connectivity index (χ0v) is 12.9. The molecule has 5 heteroatoms. The van der Waals surface area contributed by atoms with Crippen molar-refractivity contribution in [1.82, 2.24) is 4.98 Å². The Morgan fingerprint density at radius 2 is 1.71 bits per heavy atom. The van der Waals surface area contributed by atoms with Gasteiger partial charge in [-0.2, -0.15) is 0 Å². The molecule has 0 saturated heterocycles. The number of halogens is 1. The van der Waals surface area contributed by atoms with Crippen molar-refractivity contribution in [2.24, 2.45) is 0 Å². The van der Waals surface area contributed by atoms with E-state index in [1.807, 2.05) is 36.4 Å². The molecule has 0 spiro atoms. The number of benzene rings is 2. The summed E-state index contributed by atoms with van der Waals surface area (Å²) in [7, 11) is 0. The Bertz CT molecular complexity index is 802. The van der Waals surface area contributed by atoms with Crippen LogP contribution in [0.2, 0.25) is 0 Å². The number of hydrogen-bond acceptors (Lipinski definition) is 3. The summed E-state index contributed by atoms with van der Waals surface area (Å²) in [5.74, 6) is -0.263. The summed E-state index contributed by atoms with van der Waals surface area (Å²) in [4.78, 5) is 16.2. The second-order valence-electron chi connectivity index (χ2n) is 5.23. The second-order valence-corrected chi connectivity index (χ2v) is 5.23. The van der Waals surface area contributed by atoms with E-state index < -0.39 is 0 Å². The molecule has 0 aliphatic carbocycles. The molecule has 4 nitrogen and oxygen atoms in total. The van der Waals surface area contributed by atoms with Gasteiger partial charge in [0, 0.05) is 12.1 Å². The van der Waals surface area contributed by atoms with E-state index in [4.69, 9.17) is 0 Å². The first kappa shape index (κ1) is 15.7. The lowest BCUT2D eigenvalue weighted by Gasteiger charge is -2.08. The molecule has 2 N–H and O–H groups in total. The van der Waals surface area contributed by atoms with Crippen LogP contribution in [0, 0.1) is 5.82 Å². The standard InChI is InChI=1S/C19H16FN3O/c20-16-8-6-15(7-9-16)19(24)23-18-11-10-17(13-22-18)21-12-14-4-2-1-3-5-14/h1-11,13,21H,12H2,(H,22,23,24). The third kappa shape index (κ3) is 4.16. The van der Waals surface area contributed by atoms with E-state index in [1.54, 1.807) is 12.3 Å². The molecule has 3 rings (SSSR count). The maximum absolute atomic E-state index is 12.9. The number of amides is 1. The van der Waals surface area contributed by atoms with Crippen molar-refractivity contribution in [2.45, 2.75) is 6.54 Å². The fraction of sp³-hybridized carbons (Fsp3) is 0.0526. The van der Waals surface area contributed by atoms with Crippen LogP contribution < -0.4 is 10.6 Å². The highest BCUT2D eigenvalue weighted by Gasteiger charge is 2.06. The van der Waals surface area contributed by atoms with Gasteiger partial charge in [0.2, 0.25) is 0 Å². The number of carbonyl (C=O) groups excluding carboxylic acids is 1. The minimum absolute atomic E-state index is 0.326. The Balaban J connectivity index is 1.58. The third-order valence-corrected chi connectivity index (χ3v) is 3.45. The van der Waals surface area contributed by atoms with Gasteiger partial charge in [0.15, 0.2) is 0 Å². The number of pyridine rings is 1. The Morgan fingerprint density at radius 3 is 2.38 bits per heavy atom. The Labute approximate surface area is 139 Å². The topological polar surface area (TPSA) is 54.0 Å². The first-order chi connectivity index (χ1) is 11.7. The molecular weight excluding hydrogens is 305 g/mol. The summed E-state index contributed by atoms with van der Waals surface area (Å²) >= 11 is 0. The van der Waals surface area contributed by atoms with Crippen LogP contribution in [0.15, 0.2) is 72.9 Å². The molecule has 0 unspecified atom stereocenters. The van der Waals surface area contributed by atoms with Crippen LogP contribution in [0.4, 0.5) is 15.9 Å². The maximum Gasteiger partial charge on any atom is 0.256 e. The number of nitrogens with zero attached hydrogens (tertiary/aromatic N) is 1. The average molecular weight is 321 g/mol. The fourth-order valence-electron chi connectivity index (χ4n) is 2.16. The lowest BCUT2D eigenvalue weighted by molar-refractivity contribution is 0.102. The number of anilines is 2. The lowest BCUT2D eigenvalue weighted by Crippen LogP contribution is -2.13. The summed E-state index contributed by atoms with van der Waals surface area (Å²) < 4.78 is 12.9. The molecular formula is C19H16FN3O. The van der Waals surface area contributed by atoms with E-state index in [0.717, 1.165) is 5.69 Å². The Morgan fingerprint density at radius 1 is 0.958 bits per heavy atom. The molecule has 0 aliphatic heterocycles. The van der Waals surface area contributed by atoms with Gasteiger partial charge in [-0.05, 0) is 42.0 Å². The Kier molecular flexibility index (Phi) is 4.81. The van der Waals surface area contributed by atoms with Crippen LogP contribution in [0.3, 0.4) is 0 Å². The molecule has 0 aliphatic rings. The normalized spacial score (nSPS) is 10.2. The van der Waals surface area contributed by atoms with Crippen LogP contribution >= 0.6 is 0 Å². The van der Waals surface area contributed by atoms with Crippen molar-refractivity contribution in [3.63, 3.8) is 0 Å². The zero-order chi connectivity index (χ0) is 16.8. The van der Waals surface area contributed by atoms with Gasteiger partial charge in [0.25, 0.3) is 5.91 Å². The van der Waals surface area contributed by atoms with Gasteiger partial charge in [-0.15, -0.1) is 0 Å². The smallest absolute Gasteiger partial charge is 0.256 e. The lowest BCUT2D eigenvalue weighted by atomic mass is 10.2. The predicted octanol–water partition coefficient (Wildman–Crippen LogP) is 4.09. The molecule has 0 fully saturated rings. The van der Waals surface area contributed by atoms with Gasteiger partial charge in [-0.3, -0.25) is 4.79 Å². The average Bonchev–Trinajstić information content (AvgIpc) is 2.62. The monoisotopic (exact) mass is 321 g/mol. The number of hydrogen-bond donors (Lipinski definition) is 2. The molecule has 3 aromatic rings. The van der Waals surface area contributed by atoms with Crippen molar-refractivity contribution in [2.75, 3.05) is 10.6 Å². The number of rotatable bonds is 5. The Hall–Kier alpha value is -3.21. The van der Waals surface area contributed by atoms with Crippen LogP contribution in [-0.4, -0.2) is 10.9 Å². The second kappa shape index (κ2) is 7.37. The highest BCUT2D eigenvalue weighted by molar-refractivity contribution is 6.03. The first-order valence-corrected chi connectivity index (χ1v) is 7.51. The van der Waals surface area contributed by atoms with Gasteiger partial charge >= 0.3 is 0 Å². The summed E-state index contributed by atoms with van der Waals surface area (Å²) in [5, 5.41) is 5.94. The molecule has 0 atom stereocenters. The SMILES string of the molecule is O=C(Nc1ccc(NCc2ccccc2)cn1)c1ccc(F)cc1. The van der Waals surface area contributed by atoms with Gasteiger partial charge in [0.05, 0.1) is 11.9 Å². The first-order valence-electron chi connectivity index (χ1n) is 7.51. The largest absolute Gasteiger partial charge is 0.380 e. The van der Waals surface area contributed by atoms with Crippen LogP contribution in [0.1, 0.15) is 15.9 Å². The summed E-state index contributed by atoms with van der Waals surface area (Å²) in [6, 6.07) is 19.0. The molecule has 1 heterocycles. The molecule has 0 radical (unpaired) electrons. The van der Waals surface area contributed by atoms with Crippen molar-refractivity contribution >= 4 is 17.4 Å². The summed E-state index contributed by atoms with van der Waals surface area (Å²) in [6.07, 6.45) is 1.66. The number of nitrogens with one attached hydrogen (secondary N) is 2. The quantitative estimate of drug-likeness (QED) is 0.744. The minimum Gasteiger partial charge on any atom is -0.380 e. The van der Waals surface area contributed by atoms with Crippen molar-refractivity contribution in [3.05, 3.63) is 89.9 Å². The van der Waals surface area contributed by atoms with Crippen molar-refractivity contribution < 1.29 is 9.18 Å². The zero-order valence-electron chi connectivity index (χ0n) is 12.9. The van der Waals surface area contributed by atoms with E-state index in [2.05, 4.69) is 15.6 Å². The van der Waals surface area contributed by atoms with E-state index in [1.165, 1.54) is 29.8 Å². The van der Waals surface area contributed by atoms with Gasteiger partial charge < -0.3 is 10.6 Å². The van der Waals surface area contributed by atoms with Crippen molar-refractivity contribution in [3.8, 4) is 0 Å². The van der Waals surface area contributed by atoms with Crippen LogP contribution in [0.5, 0.6) is 0 Å². The van der Waals surface area contributed by atoms with Crippen LogP contribution in [-0.2, 0) is 6.54 Å². The highest BCUT2D eigenvalue weighted by atomic mass is 19.1. The van der Waals surface area contributed by atoms with Gasteiger partial charge in [0.1, 0.15) is 11.6 Å². The molecule has 1 aromatic heterocycles. The third-order valence-electron chi connectivity index (χ3n) is 3.45. The van der Waals surface area contributed by atoms with Crippen LogP contribution in [0.25, 0.3) is 0 Å². The number of carbonyl (C=O) groups is 1. The summed E-state index contributed by atoms with van der Waals surface area (Å²) in [6.45, 7) is 0.698. The highest BCUT2D eigenvalue weighted by Crippen LogP contribution is 2.13. The molecule has 24 heavy (non-hydrogen) atoms. The van der Waals surface area contributed by atoms with E-state index in [-0.39, 0.29) is 11.7 Å². The fourth-order valence-corrected chi connectivity index (χ4v) is 2.16. The predicted molar refractivity (Wildman–Crippen MR) is 92.4 cm³/mol. The van der Waals surface area contributed by atoms with Gasteiger partial charge in [-0.1, -0.05) is 30.3 Å². The summed E-state index contributed by atoms with van der Waals surface area (Å²) in [5.41, 5.74) is 2.41. The van der Waals surface area contributed by atoms with Gasteiger partial charge in [-0.25, -0.2) is 9.37 Å². The molecule has 120 valence electrons. The molecule has 0 saturated carbocycles. The number of aromatic nitrogens is 1. The maximum atomic E-state index is 12.9. The van der Waals surface area contributed by atoms with E-state index in [0.29, 0.717) is 17.9 Å². The van der Waals surface area contributed by atoms with E-state index >= 15 is 0 Å². The molecule has 2 aromatic carbocycles. The minimum atomic E-state index is -0.376.